The molecule has 1 amide bonds. The van der Waals surface area contributed by atoms with Gasteiger partial charge in [-0.25, -0.2) is 4.98 Å². The highest BCUT2D eigenvalue weighted by atomic mass is 28.4. The van der Waals surface area contributed by atoms with Crippen molar-refractivity contribution in [2.24, 2.45) is 11.8 Å². The van der Waals surface area contributed by atoms with Gasteiger partial charge in [-0.2, -0.15) is 9.97 Å². The third-order valence-electron chi connectivity index (χ3n) is 9.30. The summed E-state index contributed by atoms with van der Waals surface area (Å²) >= 11 is 0. The second-order valence-corrected chi connectivity index (χ2v) is 19.4. The summed E-state index contributed by atoms with van der Waals surface area (Å²) in [5.41, 5.74) is 1.88. The van der Waals surface area contributed by atoms with E-state index in [1.54, 1.807) is 32.3 Å². The van der Waals surface area contributed by atoms with Gasteiger partial charge in [0.15, 0.2) is 25.3 Å². The van der Waals surface area contributed by atoms with Gasteiger partial charge in [0.25, 0.3) is 5.69 Å². The monoisotopic (exact) mass is 654 g/mol. The van der Waals surface area contributed by atoms with E-state index >= 15 is 0 Å². The number of anilines is 1. The maximum Gasteiger partial charge on any atom is 0.269 e. The van der Waals surface area contributed by atoms with Crippen LogP contribution in [0.1, 0.15) is 66.5 Å². The fourth-order valence-electron chi connectivity index (χ4n) is 5.62. The lowest BCUT2D eigenvalue weighted by Gasteiger charge is -2.37. The van der Waals surface area contributed by atoms with Crippen LogP contribution in [0.5, 0.6) is 5.88 Å². The summed E-state index contributed by atoms with van der Waals surface area (Å²) in [6.45, 7) is 19.5. The quantitative estimate of drug-likeness (QED) is 0.147. The van der Waals surface area contributed by atoms with Gasteiger partial charge >= 0.3 is 0 Å². The summed E-state index contributed by atoms with van der Waals surface area (Å²) in [7, 11) is -1.99. The van der Waals surface area contributed by atoms with E-state index < -0.39 is 19.0 Å². The smallest absolute Gasteiger partial charge is 0.269 e. The van der Waals surface area contributed by atoms with Gasteiger partial charge < -0.3 is 23.2 Å². The lowest BCUT2D eigenvalue weighted by atomic mass is 10.1. The number of imidazole rings is 1. The highest BCUT2D eigenvalue weighted by molar-refractivity contribution is 6.74. The molecule has 1 aromatic carbocycles. The molecule has 0 radical (unpaired) electrons. The van der Waals surface area contributed by atoms with Crippen molar-refractivity contribution in [3.63, 3.8) is 0 Å². The number of aromatic nitrogens is 4. The van der Waals surface area contributed by atoms with Gasteiger partial charge in [-0.05, 0) is 44.0 Å². The molecule has 3 aromatic rings. The molecule has 14 heteroatoms. The fraction of sp³-hybridized carbons (Fsp3) is 0.625. The molecule has 2 fully saturated rings. The van der Waals surface area contributed by atoms with Gasteiger partial charge in [-0.3, -0.25) is 20.2 Å². The topological polar surface area (TPSA) is 153 Å². The summed E-state index contributed by atoms with van der Waals surface area (Å²) in [5.74, 6) is -0.797. The number of hydrogen-bond donors (Lipinski definition) is 1. The van der Waals surface area contributed by atoms with E-state index in [0.29, 0.717) is 24.2 Å². The van der Waals surface area contributed by atoms with Crippen LogP contribution in [0.2, 0.25) is 18.1 Å². The summed E-state index contributed by atoms with van der Waals surface area (Å²) < 4.78 is 27.7. The lowest BCUT2D eigenvalue weighted by molar-refractivity contribution is -0.384. The van der Waals surface area contributed by atoms with Gasteiger partial charge in [-0.1, -0.05) is 46.8 Å². The highest BCUT2D eigenvalue weighted by Crippen LogP contribution is 2.48. The Labute approximate surface area is 270 Å². The molecule has 0 unspecified atom stereocenters. The van der Waals surface area contributed by atoms with E-state index in [2.05, 4.69) is 49.1 Å². The standard InChI is InChI=1S/C32H46N6O7Si/c1-19(2)28(39)35-30-34-27-24(29(36-30)42-15-14-20-10-12-22(13-11-20)38(40)41)33-18-37(27)23-16-21(17-43-46(8,9)31(3,4)5)25-26(23)45-32(6,7)44-25/h10-13,18-19,21,23,25-26H,14-17H2,1-9H3,(H,34,35,36,39)/t21-,23-,25-,26+/m1/s1. The maximum atomic E-state index is 12.7. The number of nitro benzene ring substituents is 1. The fourth-order valence-corrected chi connectivity index (χ4v) is 6.68. The third kappa shape index (κ3) is 7.09. The molecular weight excluding hydrogens is 608 g/mol. The van der Waals surface area contributed by atoms with Crippen LogP contribution in [0.25, 0.3) is 11.2 Å². The van der Waals surface area contributed by atoms with Crippen LogP contribution in [0, 0.1) is 22.0 Å². The Bertz CT molecular complexity index is 1580. The first-order valence-electron chi connectivity index (χ1n) is 15.9. The number of rotatable bonds is 11. The van der Waals surface area contributed by atoms with Crippen molar-refractivity contribution in [1.29, 1.82) is 0 Å². The molecule has 250 valence electrons. The Morgan fingerprint density at radius 1 is 1.17 bits per heavy atom. The first-order chi connectivity index (χ1) is 21.5. The number of nitro groups is 1. The molecular formula is C32H46N6O7Si. The minimum atomic E-state index is -1.99. The molecule has 1 aliphatic carbocycles. The number of ether oxygens (including phenoxy) is 3. The summed E-state index contributed by atoms with van der Waals surface area (Å²) in [5, 5.41) is 13.9. The highest BCUT2D eigenvalue weighted by Gasteiger charge is 2.55. The Morgan fingerprint density at radius 3 is 2.48 bits per heavy atom. The van der Waals surface area contributed by atoms with E-state index in [1.165, 1.54) is 12.1 Å². The Kier molecular flexibility index (Phi) is 9.30. The summed E-state index contributed by atoms with van der Waals surface area (Å²) in [6, 6.07) is 6.19. The minimum Gasteiger partial charge on any atom is -0.476 e. The molecule has 2 aromatic heterocycles. The van der Waals surface area contributed by atoms with Crippen molar-refractivity contribution in [3.8, 4) is 5.88 Å². The first-order valence-corrected chi connectivity index (χ1v) is 18.8. The SMILES string of the molecule is CC(C)C(=O)Nc1nc(OCCc2ccc([N+](=O)[O-])cc2)c2ncn([C@@H]3C[C@H](CO[Si](C)(C)C(C)(C)C)[C@H]4OC(C)(C)O[C@H]43)c2n1. The van der Waals surface area contributed by atoms with Crippen molar-refractivity contribution in [2.45, 2.75) is 103 Å². The van der Waals surface area contributed by atoms with Crippen LogP contribution in [0.3, 0.4) is 0 Å². The van der Waals surface area contributed by atoms with Crippen LogP contribution >= 0.6 is 0 Å². The number of fused-ring (bicyclic) bond motifs is 2. The molecule has 1 aliphatic heterocycles. The molecule has 5 rings (SSSR count). The number of nitrogens with zero attached hydrogens (tertiary/aromatic N) is 5. The number of nitrogens with one attached hydrogen (secondary N) is 1. The normalized spacial score (nSPS) is 22.7. The van der Waals surface area contributed by atoms with Crippen molar-refractivity contribution in [1.82, 2.24) is 19.5 Å². The Balaban J connectivity index is 1.44. The van der Waals surface area contributed by atoms with Crippen molar-refractivity contribution < 1.29 is 28.4 Å². The van der Waals surface area contributed by atoms with Crippen molar-refractivity contribution in [2.75, 3.05) is 18.5 Å². The van der Waals surface area contributed by atoms with Gasteiger partial charge in [0, 0.05) is 37.0 Å². The molecule has 46 heavy (non-hydrogen) atoms. The van der Waals surface area contributed by atoms with E-state index in [1.807, 2.05) is 18.4 Å². The zero-order valence-corrected chi connectivity index (χ0v) is 29.2. The first kappa shape index (κ1) is 33.9. The molecule has 1 N–H and O–H groups in total. The maximum absolute atomic E-state index is 12.7. The average Bonchev–Trinajstić information content (AvgIpc) is 3.62. The van der Waals surface area contributed by atoms with Crippen molar-refractivity contribution in [3.05, 3.63) is 46.3 Å². The van der Waals surface area contributed by atoms with Crippen LogP contribution in [0.4, 0.5) is 11.6 Å². The van der Waals surface area contributed by atoms with Crippen LogP contribution < -0.4 is 10.1 Å². The average molecular weight is 655 g/mol. The summed E-state index contributed by atoms with van der Waals surface area (Å²) in [6.07, 6.45) is 2.53. The second kappa shape index (κ2) is 12.6. The molecule has 13 nitrogen and oxygen atoms in total. The van der Waals surface area contributed by atoms with Crippen LogP contribution in [-0.2, 0) is 25.1 Å². The second-order valence-electron chi connectivity index (χ2n) is 14.5. The zero-order valence-electron chi connectivity index (χ0n) is 28.2. The number of hydrogen-bond acceptors (Lipinski definition) is 10. The number of non-ortho nitro benzene ring substituents is 1. The Morgan fingerprint density at radius 2 is 1.85 bits per heavy atom. The Hall–Kier alpha value is -3.46. The van der Waals surface area contributed by atoms with E-state index in [-0.39, 0.29) is 65.2 Å². The largest absolute Gasteiger partial charge is 0.476 e. The van der Waals surface area contributed by atoms with Gasteiger partial charge in [0.2, 0.25) is 17.7 Å². The third-order valence-corrected chi connectivity index (χ3v) is 13.8. The van der Waals surface area contributed by atoms with Gasteiger partial charge in [-0.15, -0.1) is 0 Å². The molecule has 1 saturated carbocycles. The minimum absolute atomic E-state index is 0.0289. The molecule has 1 saturated heterocycles. The molecule has 3 heterocycles. The zero-order chi connectivity index (χ0) is 33.6. The predicted molar refractivity (Wildman–Crippen MR) is 175 cm³/mol. The number of carbonyl (C=O) groups is 1. The van der Waals surface area contributed by atoms with E-state index in [9.17, 15) is 14.9 Å². The molecule has 4 atom stereocenters. The molecule has 0 bridgehead atoms. The molecule has 0 spiro atoms. The van der Waals surface area contributed by atoms with Crippen LogP contribution in [-0.4, -0.2) is 69.9 Å². The van der Waals surface area contributed by atoms with E-state index in [0.717, 1.165) is 12.0 Å². The van der Waals surface area contributed by atoms with Gasteiger partial charge in [0.1, 0.15) is 6.10 Å². The molecule has 2 aliphatic rings. The predicted octanol–water partition coefficient (Wildman–Crippen LogP) is 6.05. The number of amides is 1. The van der Waals surface area contributed by atoms with Crippen LogP contribution in [0.15, 0.2) is 30.6 Å². The number of benzene rings is 1. The number of carbonyl (C=O) groups excluding carboxylic acids is 1. The van der Waals surface area contributed by atoms with Crippen molar-refractivity contribution >= 4 is 37.0 Å². The summed E-state index contributed by atoms with van der Waals surface area (Å²) in [4.78, 5) is 37.2. The van der Waals surface area contributed by atoms with Gasteiger partial charge in [0.05, 0.1) is 30.0 Å². The van der Waals surface area contributed by atoms with E-state index in [4.69, 9.17) is 23.6 Å². The lowest BCUT2D eigenvalue weighted by Crippen LogP contribution is -2.43.